The Bertz CT molecular complexity index is 617. The second-order valence-electron chi connectivity index (χ2n) is 5.33. The number of hydrogen-bond donors (Lipinski definition) is 1. The molecule has 2 aromatic rings. The van der Waals surface area contributed by atoms with Crippen molar-refractivity contribution in [1.29, 1.82) is 0 Å². The molecular formula is C17H18FNO2. The van der Waals surface area contributed by atoms with Crippen molar-refractivity contribution < 1.29 is 13.9 Å². The number of hydrogen-bond acceptors (Lipinski definition) is 3. The highest BCUT2D eigenvalue weighted by Gasteiger charge is 2.23. The van der Waals surface area contributed by atoms with Crippen molar-refractivity contribution in [1.82, 2.24) is 0 Å². The van der Waals surface area contributed by atoms with Gasteiger partial charge in [0.15, 0.2) is 0 Å². The van der Waals surface area contributed by atoms with Gasteiger partial charge in [0.25, 0.3) is 0 Å². The van der Waals surface area contributed by atoms with Crippen LogP contribution in [0.5, 0.6) is 11.5 Å². The minimum absolute atomic E-state index is 0.0200. The van der Waals surface area contributed by atoms with Crippen LogP contribution in [0.1, 0.15) is 24.1 Å². The van der Waals surface area contributed by atoms with Gasteiger partial charge in [-0.15, -0.1) is 0 Å². The second-order valence-corrected chi connectivity index (χ2v) is 5.33. The summed E-state index contributed by atoms with van der Waals surface area (Å²) in [6.45, 7) is 2.23. The molecule has 0 bridgehead atoms. The SMILES string of the molecule is C[C@H](N)c1cc(F)ccc1OCC1Cc2ccccc2O1. The molecule has 0 amide bonds. The Hall–Kier alpha value is -2.07. The van der Waals surface area contributed by atoms with E-state index < -0.39 is 0 Å². The lowest BCUT2D eigenvalue weighted by Crippen LogP contribution is -2.23. The maximum atomic E-state index is 13.3. The number of halogens is 1. The highest BCUT2D eigenvalue weighted by atomic mass is 19.1. The quantitative estimate of drug-likeness (QED) is 0.939. The molecule has 1 aliphatic heterocycles. The first-order valence-corrected chi connectivity index (χ1v) is 7.06. The Morgan fingerprint density at radius 3 is 2.90 bits per heavy atom. The molecule has 0 spiro atoms. The number of rotatable bonds is 4. The normalized spacial score (nSPS) is 18.0. The number of benzene rings is 2. The molecular weight excluding hydrogens is 269 g/mol. The van der Waals surface area contributed by atoms with Gasteiger partial charge < -0.3 is 15.2 Å². The van der Waals surface area contributed by atoms with Gasteiger partial charge in [0.05, 0.1) is 0 Å². The molecule has 0 radical (unpaired) electrons. The molecule has 0 saturated carbocycles. The molecule has 21 heavy (non-hydrogen) atoms. The second kappa shape index (κ2) is 5.74. The van der Waals surface area contributed by atoms with Crippen LogP contribution in [0.2, 0.25) is 0 Å². The van der Waals surface area contributed by atoms with Crippen LogP contribution in [-0.2, 0) is 6.42 Å². The molecule has 0 saturated heterocycles. The Kier molecular flexibility index (Phi) is 3.80. The van der Waals surface area contributed by atoms with Gasteiger partial charge in [-0.25, -0.2) is 4.39 Å². The molecule has 0 aliphatic carbocycles. The first-order chi connectivity index (χ1) is 10.1. The smallest absolute Gasteiger partial charge is 0.137 e. The first-order valence-electron chi connectivity index (χ1n) is 7.06. The van der Waals surface area contributed by atoms with Crippen LogP contribution in [0.4, 0.5) is 4.39 Å². The van der Waals surface area contributed by atoms with Gasteiger partial charge >= 0.3 is 0 Å². The summed E-state index contributed by atoms with van der Waals surface area (Å²) in [5, 5.41) is 0. The Labute approximate surface area is 123 Å². The fourth-order valence-corrected chi connectivity index (χ4v) is 2.54. The summed E-state index contributed by atoms with van der Waals surface area (Å²) >= 11 is 0. The van der Waals surface area contributed by atoms with Crippen molar-refractivity contribution in [3.63, 3.8) is 0 Å². The van der Waals surface area contributed by atoms with E-state index in [1.165, 1.54) is 17.7 Å². The summed E-state index contributed by atoms with van der Waals surface area (Å²) < 4.78 is 24.9. The number of nitrogens with two attached hydrogens (primary N) is 1. The molecule has 3 rings (SSSR count). The monoisotopic (exact) mass is 287 g/mol. The number of fused-ring (bicyclic) bond motifs is 1. The van der Waals surface area contributed by atoms with Gasteiger partial charge in [-0.1, -0.05) is 18.2 Å². The third-order valence-electron chi connectivity index (χ3n) is 3.60. The largest absolute Gasteiger partial charge is 0.489 e. The van der Waals surface area contributed by atoms with Crippen LogP contribution < -0.4 is 15.2 Å². The fraction of sp³-hybridized carbons (Fsp3) is 0.294. The fourth-order valence-electron chi connectivity index (χ4n) is 2.54. The molecule has 110 valence electrons. The van der Waals surface area contributed by atoms with Crippen LogP contribution in [0, 0.1) is 5.82 Å². The molecule has 1 heterocycles. The van der Waals surface area contributed by atoms with E-state index in [-0.39, 0.29) is 18.0 Å². The van der Waals surface area contributed by atoms with Crippen LogP contribution in [0.15, 0.2) is 42.5 Å². The van der Waals surface area contributed by atoms with E-state index in [0.717, 1.165) is 12.2 Å². The zero-order valence-corrected chi connectivity index (χ0v) is 11.9. The van der Waals surface area contributed by atoms with Crippen molar-refractivity contribution in [3.05, 3.63) is 59.4 Å². The van der Waals surface area contributed by atoms with Gasteiger partial charge in [0.1, 0.15) is 30.0 Å². The standard InChI is InChI=1S/C17H18FNO2/c1-11(19)15-9-13(18)6-7-17(15)20-10-14-8-12-4-2-3-5-16(12)21-14/h2-7,9,11,14H,8,10,19H2,1H3/t11-,14?/m0/s1. The molecule has 2 N–H and O–H groups in total. The van der Waals surface area contributed by atoms with Gasteiger partial charge in [0, 0.05) is 18.0 Å². The van der Waals surface area contributed by atoms with Gasteiger partial charge in [0.2, 0.25) is 0 Å². The van der Waals surface area contributed by atoms with E-state index in [9.17, 15) is 4.39 Å². The van der Waals surface area contributed by atoms with Crippen molar-refractivity contribution >= 4 is 0 Å². The van der Waals surface area contributed by atoms with E-state index >= 15 is 0 Å². The van der Waals surface area contributed by atoms with Gasteiger partial charge in [-0.05, 0) is 36.8 Å². The molecule has 3 nitrogen and oxygen atoms in total. The van der Waals surface area contributed by atoms with Crippen LogP contribution >= 0.6 is 0 Å². The highest BCUT2D eigenvalue weighted by Crippen LogP contribution is 2.30. The first kappa shape index (κ1) is 13.9. The van der Waals surface area contributed by atoms with Crippen LogP contribution in [0.3, 0.4) is 0 Å². The number of ether oxygens (including phenoxy) is 2. The van der Waals surface area contributed by atoms with Crippen molar-refractivity contribution in [3.8, 4) is 11.5 Å². The Morgan fingerprint density at radius 1 is 1.33 bits per heavy atom. The molecule has 1 aliphatic rings. The molecule has 2 aromatic carbocycles. The Morgan fingerprint density at radius 2 is 2.14 bits per heavy atom. The molecule has 4 heteroatoms. The average molecular weight is 287 g/mol. The predicted octanol–water partition coefficient (Wildman–Crippen LogP) is 3.23. The number of para-hydroxylation sites is 1. The Balaban J connectivity index is 1.67. The topological polar surface area (TPSA) is 44.5 Å². The lowest BCUT2D eigenvalue weighted by atomic mass is 10.1. The minimum Gasteiger partial charge on any atom is -0.489 e. The molecule has 0 aromatic heterocycles. The van der Waals surface area contributed by atoms with E-state index in [1.807, 2.05) is 25.1 Å². The maximum absolute atomic E-state index is 13.3. The molecule has 2 atom stereocenters. The van der Waals surface area contributed by atoms with E-state index in [0.29, 0.717) is 17.9 Å². The summed E-state index contributed by atoms with van der Waals surface area (Å²) in [6, 6.07) is 12.1. The molecule has 0 fully saturated rings. The molecule has 1 unspecified atom stereocenters. The van der Waals surface area contributed by atoms with Crippen LogP contribution in [-0.4, -0.2) is 12.7 Å². The maximum Gasteiger partial charge on any atom is 0.137 e. The van der Waals surface area contributed by atoms with E-state index in [4.69, 9.17) is 15.2 Å². The lowest BCUT2D eigenvalue weighted by Gasteiger charge is -2.17. The summed E-state index contributed by atoms with van der Waals surface area (Å²) in [7, 11) is 0. The van der Waals surface area contributed by atoms with Gasteiger partial charge in [-0.2, -0.15) is 0 Å². The van der Waals surface area contributed by atoms with Crippen molar-refractivity contribution in [2.45, 2.75) is 25.5 Å². The van der Waals surface area contributed by atoms with E-state index in [1.54, 1.807) is 6.07 Å². The van der Waals surface area contributed by atoms with Crippen molar-refractivity contribution in [2.24, 2.45) is 5.73 Å². The lowest BCUT2D eigenvalue weighted by molar-refractivity contribution is 0.147. The zero-order valence-electron chi connectivity index (χ0n) is 11.9. The highest BCUT2D eigenvalue weighted by molar-refractivity contribution is 5.38. The predicted molar refractivity (Wildman–Crippen MR) is 79.1 cm³/mol. The summed E-state index contributed by atoms with van der Waals surface area (Å²) in [4.78, 5) is 0. The third kappa shape index (κ3) is 3.00. The third-order valence-corrected chi connectivity index (χ3v) is 3.60. The summed E-state index contributed by atoms with van der Waals surface area (Å²) in [5.74, 6) is 1.22. The summed E-state index contributed by atoms with van der Waals surface area (Å²) in [6.07, 6.45) is 0.804. The van der Waals surface area contributed by atoms with E-state index in [2.05, 4.69) is 6.07 Å². The summed E-state index contributed by atoms with van der Waals surface area (Å²) in [5.41, 5.74) is 7.72. The average Bonchev–Trinajstić information content (AvgIpc) is 2.88. The minimum atomic E-state index is -0.306. The van der Waals surface area contributed by atoms with Crippen LogP contribution in [0.25, 0.3) is 0 Å². The van der Waals surface area contributed by atoms with Gasteiger partial charge in [-0.3, -0.25) is 0 Å². The van der Waals surface area contributed by atoms with Crippen molar-refractivity contribution in [2.75, 3.05) is 6.61 Å². The zero-order chi connectivity index (χ0) is 14.8.